The second kappa shape index (κ2) is 5.81. The third-order valence-corrected chi connectivity index (χ3v) is 4.52. The highest BCUT2D eigenvalue weighted by Gasteiger charge is 2.37. The molecule has 3 aromatic rings. The van der Waals surface area contributed by atoms with Crippen LogP contribution in [0.2, 0.25) is 0 Å². The Morgan fingerprint density at radius 2 is 1.62 bits per heavy atom. The fourth-order valence-corrected chi connectivity index (χ4v) is 3.27. The van der Waals surface area contributed by atoms with Crippen LogP contribution < -0.4 is 19.1 Å². The average molecular weight is 345 g/mol. The van der Waals surface area contributed by atoms with Gasteiger partial charge in [0.15, 0.2) is 11.5 Å². The first-order chi connectivity index (χ1) is 12.8. The van der Waals surface area contributed by atoms with E-state index in [9.17, 15) is 4.79 Å². The number of hydrogen-bond acceptors (Lipinski definition) is 4. The first-order valence-corrected chi connectivity index (χ1v) is 8.35. The van der Waals surface area contributed by atoms with Crippen molar-refractivity contribution in [3.05, 3.63) is 83.9 Å². The number of benzene rings is 3. The molecule has 0 spiro atoms. The standard InChI is InChI=1S/C21H15NO4/c23-20(14-6-2-1-3-7-14)22-16-8-4-5-9-17(16)26-21(22)15-10-11-18-19(12-15)25-13-24-18/h1-12,21H,13H2. The Kier molecular flexibility index (Phi) is 3.31. The molecule has 0 bridgehead atoms. The summed E-state index contributed by atoms with van der Waals surface area (Å²) < 4.78 is 17.0. The number of nitrogens with zero attached hydrogens (tertiary/aromatic N) is 1. The number of para-hydroxylation sites is 2. The van der Waals surface area contributed by atoms with Gasteiger partial charge in [0, 0.05) is 11.1 Å². The number of carbonyl (C=O) groups is 1. The Bertz CT molecular complexity index is 986. The van der Waals surface area contributed by atoms with Crippen molar-refractivity contribution in [1.82, 2.24) is 0 Å². The van der Waals surface area contributed by atoms with Gasteiger partial charge >= 0.3 is 0 Å². The molecule has 0 radical (unpaired) electrons. The zero-order valence-corrected chi connectivity index (χ0v) is 13.8. The normalized spacial score (nSPS) is 16.9. The molecule has 0 N–H and O–H groups in total. The van der Waals surface area contributed by atoms with Crippen LogP contribution in [-0.4, -0.2) is 12.7 Å². The van der Waals surface area contributed by atoms with Crippen molar-refractivity contribution in [1.29, 1.82) is 0 Å². The van der Waals surface area contributed by atoms with Gasteiger partial charge in [0.05, 0.1) is 5.69 Å². The van der Waals surface area contributed by atoms with Crippen molar-refractivity contribution in [3.63, 3.8) is 0 Å². The first-order valence-electron chi connectivity index (χ1n) is 8.35. The lowest BCUT2D eigenvalue weighted by Gasteiger charge is -2.24. The Hall–Kier alpha value is -3.47. The van der Waals surface area contributed by atoms with E-state index in [4.69, 9.17) is 14.2 Å². The topological polar surface area (TPSA) is 48.0 Å². The minimum Gasteiger partial charge on any atom is -0.464 e. The molecule has 5 nitrogen and oxygen atoms in total. The Labute approximate surface area is 150 Å². The second-order valence-corrected chi connectivity index (χ2v) is 6.09. The highest BCUT2D eigenvalue weighted by Crippen LogP contribution is 2.45. The Morgan fingerprint density at radius 3 is 2.50 bits per heavy atom. The van der Waals surface area contributed by atoms with Crippen molar-refractivity contribution in [2.24, 2.45) is 0 Å². The molecule has 0 aliphatic carbocycles. The fraction of sp³-hybridized carbons (Fsp3) is 0.0952. The maximum absolute atomic E-state index is 13.2. The molecule has 5 rings (SSSR count). The molecule has 26 heavy (non-hydrogen) atoms. The predicted octanol–water partition coefficient (Wildman–Crippen LogP) is 4.15. The summed E-state index contributed by atoms with van der Waals surface area (Å²) in [5.74, 6) is 1.93. The van der Waals surface area contributed by atoms with Crippen LogP contribution in [0.4, 0.5) is 5.69 Å². The number of hydrogen-bond donors (Lipinski definition) is 0. The Morgan fingerprint density at radius 1 is 0.846 bits per heavy atom. The van der Waals surface area contributed by atoms with Crippen molar-refractivity contribution < 1.29 is 19.0 Å². The molecule has 0 saturated heterocycles. The van der Waals surface area contributed by atoms with E-state index in [2.05, 4.69) is 0 Å². The van der Waals surface area contributed by atoms with Crippen molar-refractivity contribution in [3.8, 4) is 17.2 Å². The molecular formula is C21H15NO4. The van der Waals surface area contributed by atoms with Crippen LogP contribution in [0.25, 0.3) is 0 Å². The first kappa shape index (κ1) is 14.8. The number of ether oxygens (including phenoxy) is 3. The minimum atomic E-state index is -0.561. The van der Waals surface area contributed by atoms with Crippen LogP contribution in [0.3, 0.4) is 0 Å². The molecule has 1 amide bonds. The molecule has 128 valence electrons. The van der Waals surface area contributed by atoms with Crippen LogP contribution >= 0.6 is 0 Å². The lowest BCUT2D eigenvalue weighted by Crippen LogP contribution is -2.33. The van der Waals surface area contributed by atoms with Gasteiger partial charge in [-0.05, 0) is 42.5 Å². The predicted molar refractivity (Wildman–Crippen MR) is 95.6 cm³/mol. The minimum absolute atomic E-state index is 0.113. The third-order valence-electron chi connectivity index (χ3n) is 4.52. The maximum atomic E-state index is 13.2. The van der Waals surface area contributed by atoms with E-state index in [1.54, 1.807) is 17.0 Å². The SMILES string of the molecule is O=C(c1ccccc1)N1c2ccccc2OC1c1ccc2c(c1)OCO2. The fourth-order valence-electron chi connectivity index (χ4n) is 3.27. The lowest BCUT2D eigenvalue weighted by molar-refractivity contribution is 0.0938. The van der Waals surface area contributed by atoms with Gasteiger partial charge < -0.3 is 14.2 Å². The number of amides is 1. The molecule has 0 saturated carbocycles. The number of carbonyl (C=O) groups excluding carboxylic acids is 1. The molecule has 3 aromatic carbocycles. The number of fused-ring (bicyclic) bond motifs is 2. The van der Waals surface area contributed by atoms with Crippen LogP contribution in [0.5, 0.6) is 17.2 Å². The summed E-state index contributed by atoms with van der Waals surface area (Å²) in [4.78, 5) is 14.9. The summed E-state index contributed by atoms with van der Waals surface area (Å²) in [6, 6.07) is 22.4. The van der Waals surface area contributed by atoms with E-state index in [0.717, 1.165) is 11.3 Å². The van der Waals surface area contributed by atoms with E-state index in [-0.39, 0.29) is 12.7 Å². The summed E-state index contributed by atoms with van der Waals surface area (Å²) in [5.41, 5.74) is 2.19. The van der Waals surface area contributed by atoms with Gasteiger partial charge in [0.2, 0.25) is 13.0 Å². The second-order valence-electron chi connectivity index (χ2n) is 6.09. The van der Waals surface area contributed by atoms with Gasteiger partial charge in [-0.3, -0.25) is 9.69 Å². The largest absolute Gasteiger partial charge is 0.464 e. The highest BCUT2D eigenvalue weighted by molar-refractivity contribution is 6.08. The zero-order chi connectivity index (χ0) is 17.5. The summed E-state index contributed by atoms with van der Waals surface area (Å²) in [6.07, 6.45) is -0.561. The monoisotopic (exact) mass is 345 g/mol. The smallest absolute Gasteiger partial charge is 0.261 e. The van der Waals surface area contributed by atoms with Crippen molar-refractivity contribution >= 4 is 11.6 Å². The molecule has 2 heterocycles. The number of anilines is 1. The average Bonchev–Trinajstić information content (AvgIpc) is 3.31. The van der Waals surface area contributed by atoms with Crippen LogP contribution in [0, 0.1) is 0 Å². The molecule has 2 aliphatic rings. The highest BCUT2D eigenvalue weighted by atomic mass is 16.7. The van der Waals surface area contributed by atoms with Gasteiger partial charge in [-0.25, -0.2) is 0 Å². The maximum Gasteiger partial charge on any atom is 0.261 e. The van der Waals surface area contributed by atoms with Crippen molar-refractivity contribution in [2.45, 2.75) is 6.23 Å². The van der Waals surface area contributed by atoms with Gasteiger partial charge in [-0.1, -0.05) is 30.3 Å². The van der Waals surface area contributed by atoms with Crippen LogP contribution in [0.1, 0.15) is 22.1 Å². The van der Waals surface area contributed by atoms with Crippen LogP contribution in [0.15, 0.2) is 72.8 Å². The molecule has 1 unspecified atom stereocenters. The van der Waals surface area contributed by atoms with E-state index in [0.29, 0.717) is 22.8 Å². The molecule has 2 aliphatic heterocycles. The summed E-state index contributed by atoms with van der Waals surface area (Å²) in [5, 5.41) is 0. The summed E-state index contributed by atoms with van der Waals surface area (Å²) in [7, 11) is 0. The quantitative estimate of drug-likeness (QED) is 0.700. The molecule has 5 heteroatoms. The van der Waals surface area contributed by atoms with E-state index >= 15 is 0 Å². The molecule has 0 aromatic heterocycles. The van der Waals surface area contributed by atoms with E-state index < -0.39 is 6.23 Å². The van der Waals surface area contributed by atoms with Gasteiger partial charge in [-0.15, -0.1) is 0 Å². The summed E-state index contributed by atoms with van der Waals surface area (Å²) in [6.45, 7) is 0.206. The van der Waals surface area contributed by atoms with E-state index in [1.165, 1.54) is 0 Å². The molecule has 0 fully saturated rings. The van der Waals surface area contributed by atoms with Crippen molar-refractivity contribution in [2.75, 3.05) is 11.7 Å². The lowest BCUT2D eigenvalue weighted by atomic mass is 10.1. The molecular weight excluding hydrogens is 330 g/mol. The zero-order valence-electron chi connectivity index (χ0n) is 13.8. The Balaban J connectivity index is 1.59. The van der Waals surface area contributed by atoms with Gasteiger partial charge in [-0.2, -0.15) is 0 Å². The van der Waals surface area contributed by atoms with Crippen LogP contribution in [-0.2, 0) is 0 Å². The molecule has 1 atom stereocenters. The summed E-state index contributed by atoms with van der Waals surface area (Å²) >= 11 is 0. The van der Waals surface area contributed by atoms with Gasteiger partial charge in [0.1, 0.15) is 5.75 Å². The third kappa shape index (κ3) is 2.29. The number of rotatable bonds is 2. The van der Waals surface area contributed by atoms with E-state index in [1.807, 2.05) is 60.7 Å². The van der Waals surface area contributed by atoms with Gasteiger partial charge in [0.25, 0.3) is 5.91 Å².